The van der Waals surface area contributed by atoms with Crippen LogP contribution in [0.2, 0.25) is 0 Å². The summed E-state index contributed by atoms with van der Waals surface area (Å²) in [5.74, 6) is 0.124. The monoisotopic (exact) mass is 356 g/mol. The third-order valence-electron chi connectivity index (χ3n) is 2.23. The fourth-order valence-corrected chi connectivity index (χ4v) is 1.89. The number of halogens is 4. The van der Waals surface area contributed by atoms with E-state index in [0.29, 0.717) is 6.29 Å². The molecule has 0 saturated carbocycles. The maximum Gasteiger partial charge on any atom is 0.417 e. The van der Waals surface area contributed by atoms with Gasteiger partial charge >= 0.3 is 6.18 Å². The second-order valence-corrected chi connectivity index (χ2v) is 4.60. The number of hydrogen-bond donors (Lipinski definition) is 1. The van der Waals surface area contributed by atoms with Gasteiger partial charge in [0.15, 0.2) is 17.6 Å². The summed E-state index contributed by atoms with van der Waals surface area (Å²) in [6, 6.07) is 2.72. The molecule has 1 aromatic carbocycles. The topological polar surface area (TPSA) is 55.8 Å². The van der Waals surface area contributed by atoms with E-state index in [1.807, 2.05) is 0 Å². The van der Waals surface area contributed by atoms with Gasteiger partial charge in [0.05, 0.1) is 11.1 Å². The molecule has 0 radical (unpaired) electrons. The number of rotatable bonds is 6. The maximum absolute atomic E-state index is 12.2. The zero-order valence-electron chi connectivity index (χ0n) is 10.4. The molecular formula is C12H12BrF3O4. The predicted molar refractivity (Wildman–Crippen MR) is 68.3 cm³/mol. The number of carbonyl (C=O) groups excluding carboxylic acids is 1. The Morgan fingerprint density at radius 2 is 2.05 bits per heavy atom. The number of carbonyl (C=O) groups is 1. The van der Waals surface area contributed by atoms with Crippen LogP contribution in [-0.4, -0.2) is 36.9 Å². The number of aldehydes is 1. The van der Waals surface area contributed by atoms with E-state index in [-0.39, 0.29) is 28.1 Å². The lowest BCUT2D eigenvalue weighted by Gasteiger charge is -2.18. The van der Waals surface area contributed by atoms with Crippen LogP contribution in [0.4, 0.5) is 13.2 Å². The van der Waals surface area contributed by atoms with Gasteiger partial charge in [-0.1, -0.05) is 0 Å². The minimum absolute atomic E-state index is 0.000694. The summed E-state index contributed by atoms with van der Waals surface area (Å²) in [4.78, 5) is 10.7. The van der Waals surface area contributed by atoms with Crippen molar-refractivity contribution in [2.24, 2.45) is 0 Å². The van der Waals surface area contributed by atoms with Crippen LogP contribution in [0.5, 0.6) is 11.5 Å². The van der Waals surface area contributed by atoms with Gasteiger partial charge in [-0.2, -0.15) is 13.2 Å². The quantitative estimate of drug-likeness (QED) is 0.796. The van der Waals surface area contributed by atoms with Crippen LogP contribution in [0.15, 0.2) is 16.6 Å². The van der Waals surface area contributed by atoms with Crippen LogP contribution in [-0.2, 0) is 0 Å². The number of benzene rings is 1. The molecule has 1 N–H and O–H groups in total. The van der Waals surface area contributed by atoms with Crippen molar-refractivity contribution in [1.82, 2.24) is 0 Å². The minimum atomic E-state index is -4.76. The highest BCUT2D eigenvalue weighted by molar-refractivity contribution is 9.10. The van der Waals surface area contributed by atoms with Crippen LogP contribution in [0.3, 0.4) is 0 Å². The molecule has 1 atom stereocenters. The van der Waals surface area contributed by atoms with Gasteiger partial charge in [-0.15, -0.1) is 0 Å². The van der Waals surface area contributed by atoms with Crippen molar-refractivity contribution in [3.05, 3.63) is 22.2 Å². The Kier molecular flexibility index (Phi) is 5.82. The number of aliphatic hydroxyl groups excluding tert-OH is 1. The molecular weight excluding hydrogens is 345 g/mol. The van der Waals surface area contributed by atoms with E-state index < -0.39 is 18.9 Å². The van der Waals surface area contributed by atoms with Gasteiger partial charge in [0.1, 0.15) is 12.9 Å². The van der Waals surface area contributed by atoms with E-state index >= 15 is 0 Å². The molecule has 0 aliphatic rings. The van der Waals surface area contributed by atoms with Gasteiger partial charge in [0, 0.05) is 5.56 Å². The Hall–Kier alpha value is -1.28. The number of ether oxygens (including phenoxy) is 2. The molecule has 0 spiro atoms. The lowest BCUT2D eigenvalue weighted by molar-refractivity contribution is -0.210. The summed E-state index contributed by atoms with van der Waals surface area (Å²) in [5, 5.41) is 8.90. The molecule has 0 amide bonds. The third kappa shape index (κ3) is 4.38. The van der Waals surface area contributed by atoms with Gasteiger partial charge in [-0.05, 0) is 35.0 Å². The van der Waals surface area contributed by atoms with Crippen molar-refractivity contribution in [3.8, 4) is 11.5 Å². The second kappa shape index (κ2) is 6.94. The second-order valence-electron chi connectivity index (χ2n) is 3.75. The molecule has 1 unspecified atom stereocenters. The van der Waals surface area contributed by atoms with E-state index in [9.17, 15) is 18.0 Å². The Labute approximate surface area is 121 Å². The Balaban J connectivity index is 2.96. The summed E-state index contributed by atoms with van der Waals surface area (Å²) >= 11 is 3.08. The normalized spacial score (nSPS) is 12.9. The zero-order valence-corrected chi connectivity index (χ0v) is 12.0. The summed E-state index contributed by atoms with van der Waals surface area (Å²) < 4.78 is 47.0. The van der Waals surface area contributed by atoms with Gasteiger partial charge < -0.3 is 14.6 Å². The maximum atomic E-state index is 12.2. The van der Waals surface area contributed by atoms with E-state index in [1.54, 1.807) is 6.92 Å². The van der Waals surface area contributed by atoms with Crippen molar-refractivity contribution in [1.29, 1.82) is 0 Å². The first kappa shape index (κ1) is 16.8. The first-order chi connectivity index (χ1) is 9.29. The summed E-state index contributed by atoms with van der Waals surface area (Å²) in [6.07, 6.45) is -6.79. The zero-order chi connectivity index (χ0) is 15.3. The summed E-state index contributed by atoms with van der Waals surface area (Å²) in [5.41, 5.74) is 0.282. The van der Waals surface area contributed by atoms with Crippen molar-refractivity contribution < 1.29 is 32.5 Å². The van der Waals surface area contributed by atoms with Crippen LogP contribution in [0, 0.1) is 0 Å². The summed E-state index contributed by atoms with van der Waals surface area (Å²) in [6.45, 7) is 0.950. The van der Waals surface area contributed by atoms with Crippen molar-refractivity contribution >= 4 is 22.2 Å². The average molecular weight is 357 g/mol. The number of aliphatic hydroxyl groups is 1. The highest BCUT2D eigenvalue weighted by Crippen LogP contribution is 2.37. The summed E-state index contributed by atoms with van der Waals surface area (Å²) in [7, 11) is 0. The Morgan fingerprint density at radius 3 is 2.55 bits per heavy atom. The largest absolute Gasteiger partial charge is 0.490 e. The molecule has 0 heterocycles. The molecule has 0 aliphatic heterocycles. The predicted octanol–water partition coefficient (Wildman–Crippen LogP) is 2.96. The number of hydrogen-bond acceptors (Lipinski definition) is 4. The molecule has 1 rings (SSSR count). The fourth-order valence-electron chi connectivity index (χ4n) is 1.32. The molecule has 20 heavy (non-hydrogen) atoms. The van der Waals surface area contributed by atoms with Crippen LogP contribution in [0.25, 0.3) is 0 Å². The van der Waals surface area contributed by atoms with Crippen LogP contribution < -0.4 is 9.47 Å². The molecule has 0 fully saturated rings. The van der Waals surface area contributed by atoms with Crippen molar-refractivity contribution in [3.63, 3.8) is 0 Å². The Morgan fingerprint density at radius 1 is 1.40 bits per heavy atom. The van der Waals surface area contributed by atoms with E-state index in [2.05, 4.69) is 15.9 Å². The lowest BCUT2D eigenvalue weighted by atomic mass is 10.2. The highest BCUT2D eigenvalue weighted by atomic mass is 79.9. The number of alkyl halides is 3. The first-order valence-corrected chi connectivity index (χ1v) is 6.38. The standard InChI is InChI=1S/C12H12BrF3O4/c1-2-19-9-4-7(5-17)3-8(13)11(9)20-6-10(18)12(14,15)16/h3-5,10,18H,2,6H2,1H3. The smallest absolute Gasteiger partial charge is 0.417 e. The molecule has 0 bridgehead atoms. The average Bonchev–Trinajstić information content (AvgIpc) is 2.36. The van der Waals surface area contributed by atoms with Gasteiger partial charge in [0.25, 0.3) is 0 Å². The van der Waals surface area contributed by atoms with E-state index in [1.165, 1.54) is 12.1 Å². The highest BCUT2D eigenvalue weighted by Gasteiger charge is 2.39. The van der Waals surface area contributed by atoms with Gasteiger partial charge in [0.2, 0.25) is 0 Å². The van der Waals surface area contributed by atoms with Crippen molar-refractivity contribution in [2.75, 3.05) is 13.2 Å². The fraction of sp³-hybridized carbons (Fsp3) is 0.417. The van der Waals surface area contributed by atoms with E-state index in [0.717, 1.165) is 0 Å². The van der Waals surface area contributed by atoms with Gasteiger partial charge in [-0.25, -0.2) is 0 Å². The van der Waals surface area contributed by atoms with Crippen molar-refractivity contribution in [2.45, 2.75) is 19.2 Å². The molecule has 4 nitrogen and oxygen atoms in total. The Bertz CT molecular complexity index is 477. The minimum Gasteiger partial charge on any atom is -0.490 e. The molecule has 0 aliphatic carbocycles. The molecule has 112 valence electrons. The first-order valence-electron chi connectivity index (χ1n) is 5.58. The lowest BCUT2D eigenvalue weighted by Crippen LogP contribution is -2.34. The van der Waals surface area contributed by atoms with Crippen LogP contribution in [0.1, 0.15) is 17.3 Å². The van der Waals surface area contributed by atoms with Crippen LogP contribution >= 0.6 is 15.9 Å². The van der Waals surface area contributed by atoms with Gasteiger partial charge in [-0.3, -0.25) is 4.79 Å². The molecule has 0 aromatic heterocycles. The molecule has 1 aromatic rings. The molecule has 0 saturated heterocycles. The third-order valence-corrected chi connectivity index (χ3v) is 2.82. The van der Waals surface area contributed by atoms with E-state index in [4.69, 9.17) is 14.6 Å². The molecule has 8 heteroatoms. The SMILES string of the molecule is CCOc1cc(C=O)cc(Br)c1OCC(O)C(F)(F)F.